The molecule has 0 bridgehead atoms. The van der Waals surface area contributed by atoms with Crippen LogP contribution < -0.4 is 4.90 Å². The Balaban J connectivity index is 1.79. The summed E-state index contributed by atoms with van der Waals surface area (Å²) in [6.07, 6.45) is 2.96. The predicted molar refractivity (Wildman–Crippen MR) is 78.8 cm³/mol. The minimum Gasteiger partial charge on any atom is -0.370 e. The Bertz CT molecular complexity index is 744. The van der Waals surface area contributed by atoms with Crippen molar-refractivity contribution in [3.05, 3.63) is 53.5 Å². The topological polar surface area (TPSA) is 85.8 Å². The summed E-state index contributed by atoms with van der Waals surface area (Å²) in [5.41, 5.74) is 1.90. The fraction of sp³-hybridized carbons (Fsp3) is 0.250. The number of rotatable bonds is 2. The van der Waals surface area contributed by atoms with E-state index in [1.165, 1.54) is 6.20 Å². The number of anilines is 1. The molecule has 2 aromatic rings. The zero-order chi connectivity index (χ0) is 15.4. The van der Waals surface area contributed by atoms with Gasteiger partial charge >= 0.3 is 0 Å². The molecule has 6 heteroatoms. The van der Waals surface area contributed by atoms with Gasteiger partial charge in [-0.3, -0.25) is 0 Å². The van der Waals surface area contributed by atoms with Gasteiger partial charge in [0.15, 0.2) is 5.69 Å². The number of morpholine rings is 1. The molecular weight excluding hydrogens is 278 g/mol. The molecule has 1 aromatic carbocycles. The van der Waals surface area contributed by atoms with E-state index in [-0.39, 0.29) is 6.10 Å². The van der Waals surface area contributed by atoms with Gasteiger partial charge in [-0.05, 0) is 17.7 Å². The van der Waals surface area contributed by atoms with Gasteiger partial charge in [-0.2, -0.15) is 10.5 Å². The van der Waals surface area contributed by atoms with Crippen molar-refractivity contribution in [1.82, 2.24) is 9.97 Å². The molecule has 2 heterocycles. The van der Waals surface area contributed by atoms with Crippen molar-refractivity contribution < 1.29 is 4.74 Å². The average Bonchev–Trinajstić information content (AvgIpc) is 2.62. The standard InChI is InChI=1S/C16H13N5O/c17-7-12-2-1-3-13(6-12)15-11-21(4-5-22-15)16-10-19-14(8-18)9-20-16/h1-3,6,9-10,15H,4-5,11H2. The molecule has 0 aliphatic carbocycles. The van der Waals surface area contributed by atoms with Crippen LogP contribution in [0, 0.1) is 22.7 Å². The van der Waals surface area contributed by atoms with E-state index in [0.29, 0.717) is 24.4 Å². The van der Waals surface area contributed by atoms with Crippen LogP contribution in [0.5, 0.6) is 0 Å². The first-order valence-corrected chi connectivity index (χ1v) is 6.89. The van der Waals surface area contributed by atoms with E-state index in [4.69, 9.17) is 15.3 Å². The lowest BCUT2D eigenvalue weighted by molar-refractivity contribution is 0.0395. The molecular formula is C16H13N5O. The molecule has 1 aliphatic heterocycles. The smallest absolute Gasteiger partial charge is 0.158 e. The third kappa shape index (κ3) is 2.88. The van der Waals surface area contributed by atoms with Crippen molar-refractivity contribution in [1.29, 1.82) is 10.5 Å². The van der Waals surface area contributed by atoms with E-state index in [9.17, 15) is 0 Å². The first-order chi connectivity index (χ1) is 10.8. The van der Waals surface area contributed by atoms with Gasteiger partial charge in [0, 0.05) is 13.1 Å². The van der Waals surface area contributed by atoms with Gasteiger partial charge in [-0.1, -0.05) is 12.1 Å². The predicted octanol–water partition coefficient (Wildman–Crippen LogP) is 1.80. The largest absolute Gasteiger partial charge is 0.370 e. The van der Waals surface area contributed by atoms with Crippen molar-refractivity contribution in [3.63, 3.8) is 0 Å². The van der Waals surface area contributed by atoms with Crippen LogP contribution in [0.1, 0.15) is 22.9 Å². The molecule has 0 spiro atoms. The Morgan fingerprint density at radius 3 is 2.82 bits per heavy atom. The zero-order valence-electron chi connectivity index (χ0n) is 11.8. The summed E-state index contributed by atoms with van der Waals surface area (Å²) in [7, 11) is 0. The first kappa shape index (κ1) is 14.0. The fourth-order valence-corrected chi connectivity index (χ4v) is 2.41. The number of ether oxygens (including phenoxy) is 1. The minimum atomic E-state index is -0.112. The van der Waals surface area contributed by atoms with Gasteiger partial charge in [0.2, 0.25) is 0 Å². The first-order valence-electron chi connectivity index (χ1n) is 6.89. The number of hydrogen-bond acceptors (Lipinski definition) is 6. The molecule has 22 heavy (non-hydrogen) atoms. The maximum atomic E-state index is 8.99. The van der Waals surface area contributed by atoms with Gasteiger partial charge in [-0.15, -0.1) is 0 Å². The highest BCUT2D eigenvalue weighted by molar-refractivity contribution is 5.40. The lowest BCUT2D eigenvalue weighted by Gasteiger charge is -2.33. The van der Waals surface area contributed by atoms with Crippen molar-refractivity contribution >= 4 is 5.82 Å². The van der Waals surface area contributed by atoms with Crippen LogP contribution in [0.4, 0.5) is 5.82 Å². The number of benzene rings is 1. The fourth-order valence-electron chi connectivity index (χ4n) is 2.41. The summed E-state index contributed by atoms with van der Waals surface area (Å²) in [6, 6.07) is 11.5. The van der Waals surface area contributed by atoms with Crippen LogP contribution in [-0.4, -0.2) is 29.7 Å². The quantitative estimate of drug-likeness (QED) is 0.838. The molecule has 1 unspecified atom stereocenters. The maximum absolute atomic E-state index is 8.99. The second-order valence-electron chi connectivity index (χ2n) is 4.91. The van der Waals surface area contributed by atoms with Crippen molar-refractivity contribution in [2.45, 2.75) is 6.10 Å². The Morgan fingerprint density at radius 1 is 1.18 bits per heavy atom. The molecule has 0 N–H and O–H groups in total. The van der Waals surface area contributed by atoms with Crippen LogP contribution in [0.25, 0.3) is 0 Å². The van der Waals surface area contributed by atoms with E-state index in [2.05, 4.69) is 20.9 Å². The number of nitriles is 2. The van der Waals surface area contributed by atoms with E-state index >= 15 is 0 Å². The second kappa shape index (κ2) is 6.21. The van der Waals surface area contributed by atoms with Gasteiger partial charge in [0.05, 0.1) is 30.6 Å². The van der Waals surface area contributed by atoms with E-state index in [1.807, 2.05) is 24.3 Å². The summed E-state index contributed by atoms with van der Waals surface area (Å²) < 4.78 is 5.81. The second-order valence-corrected chi connectivity index (χ2v) is 4.91. The zero-order valence-corrected chi connectivity index (χ0v) is 11.8. The molecule has 6 nitrogen and oxygen atoms in total. The van der Waals surface area contributed by atoms with Crippen molar-refractivity contribution in [3.8, 4) is 12.1 Å². The Morgan fingerprint density at radius 2 is 2.09 bits per heavy atom. The van der Waals surface area contributed by atoms with E-state index < -0.39 is 0 Å². The Kier molecular flexibility index (Phi) is 3.95. The summed E-state index contributed by atoms with van der Waals surface area (Å²) >= 11 is 0. The van der Waals surface area contributed by atoms with Crippen LogP contribution in [0.2, 0.25) is 0 Å². The molecule has 1 aliphatic rings. The highest BCUT2D eigenvalue weighted by Gasteiger charge is 2.23. The number of aromatic nitrogens is 2. The van der Waals surface area contributed by atoms with Gasteiger partial charge in [0.25, 0.3) is 0 Å². The molecule has 3 rings (SSSR count). The van der Waals surface area contributed by atoms with Crippen LogP contribution in [-0.2, 0) is 4.74 Å². The summed E-state index contributed by atoms with van der Waals surface area (Å²) in [5.74, 6) is 0.726. The number of nitrogens with zero attached hydrogens (tertiary/aromatic N) is 5. The van der Waals surface area contributed by atoms with Crippen molar-refractivity contribution in [2.24, 2.45) is 0 Å². The SMILES string of the molecule is N#Cc1cccc(C2CN(c3cnc(C#N)cn3)CCO2)c1. The highest BCUT2D eigenvalue weighted by atomic mass is 16.5. The van der Waals surface area contributed by atoms with E-state index in [1.54, 1.807) is 12.3 Å². The van der Waals surface area contributed by atoms with Gasteiger partial charge in [0.1, 0.15) is 18.0 Å². The molecule has 0 radical (unpaired) electrons. The summed E-state index contributed by atoms with van der Waals surface area (Å²) in [6.45, 7) is 1.92. The molecule has 0 saturated carbocycles. The monoisotopic (exact) mass is 291 g/mol. The van der Waals surface area contributed by atoms with E-state index in [0.717, 1.165) is 17.9 Å². The molecule has 108 valence electrons. The summed E-state index contributed by atoms with van der Waals surface area (Å²) in [5, 5.41) is 17.8. The minimum absolute atomic E-state index is 0.112. The van der Waals surface area contributed by atoms with Crippen LogP contribution >= 0.6 is 0 Å². The molecule has 0 amide bonds. The normalized spacial score (nSPS) is 17.5. The Labute approximate surface area is 128 Å². The van der Waals surface area contributed by atoms with Crippen LogP contribution in [0.15, 0.2) is 36.7 Å². The average molecular weight is 291 g/mol. The molecule has 1 atom stereocenters. The van der Waals surface area contributed by atoms with Crippen molar-refractivity contribution in [2.75, 3.05) is 24.6 Å². The maximum Gasteiger partial charge on any atom is 0.158 e. The summed E-state index contributed by atoms with van der Waals surface area (Å²) in [4.78, 5) is 10.4. The Hall–Kier alpha value is -2.96. The molecule has 1 saturated heterocycles. The van der Waals surface area contributed by atoms with Gasteiger partial charge in [-0.25, -0.2) is 9.97 Å². The lowest BCUT2D eigenvalue weighted by atomic mass is 10.1. The number of hydrogen-bond donors (Lipinski definition) is 0. The highest BCUT2D eigenvalue weighted by Crippen LogP contribution is 2.25. The van der Waals surface area contributed by atoms with Gasteiger partial charge < -0.3 is 9.64 Å². The molecule has 1 aromatic heterocycles. The third-order valence-corrected chi connectivity index (χ3v) is 3.53. The molecule has 1 fully saturated rings. The van der Waals surface area contributed by atoms with Crippen LogP contribution in [0.3, 0.4) is 0 Å². The lowest BCUT2D eigenvalue weighted by Crippen LogP contribution is -2.38. The third-order valence-electron chi connectivity index (χ3n) is 3.53.